The number of para-hydroxylation sites is 3. The first kappa shape index (κ1) is 33.0. The first-order valence-electron chi connectivity index (χ1n) is 18.8. The molecular weight excluding hydrogens is 683 g/mol. The van der Waals surface area contributed by atoms with Crippen LogP contribution in [0.2, 0.25) is 0 Å². The van der Waals surface area contributed by atoms with Crippen molar-refractivity contribution in [2.24, 2.45) is 0 Å². The van der Waals surface area contributed by atoms with Gasteiger partial charge in [-0.25, -0.2) is 0 Å². The highest BCUT2D eigenvalue weighted by Gasteiger charge is 2.18. The van der Waals surface area contributed by atoms with Crippen LogP contribution in [0.1, 0.15) is 12.5 Å². The molecule has 0 saturated heterocycles. The molecule has 4 heteroatoms. The molecule has 0 unspecified atom stereocenters. The van der Waals surface area contributed by atoms with Gasteiger partial charge < -0.3 is 13.6 Å². The van der Waals surface area contributed by atoms with E-state index in [9.17, 15) is 5.26 Å². The van der Waals surface area contributed by atoms with E-state index in [0.717, 1.165) is 44.3 Å². The number of rotatable bonds is 4. The Bertz CT molecular complexity index is 3350. The third-order valence-electron chi connectivity index (χ3n) is 10.7. The molecule has 0 bridgehead atoms. The largest absolute Gasteiger partial charge is 0.456 e. The zero-order valence-electron chi connectivity index (χ0n) is 30.8. The summed E-state index contributed by atoms with van der Waals surface area (Å²) in [5.74, 6) is 0. The van der Waals surface area contributed by atoms with Gasteiger partial charge in [0.25, 0.3) is 0 Å². The first-order chi connectivity index (χ1) is 27.6. The van der Waals surface area contributed by atoms with Gasteiger partial charge in [0.15, 0.2) is 0 Å². The SMILES string of the molecule is C=CC.N#Cc1ccc2oc3ccc(-n4c5ccccc5c5c(-c6cccc(-c7ccc8c(c7)c7ccccc7n8-c7ccccc7)c6)cccc54)cc3c2c1. The standard InChI is InChI=1S/C49H29N3O.C3H6/c50-30-31-20-24-47-41(26-31)42-29-36(22-25-48(42)53-47)52-44-18-7-5-15-39(44)49-37(16-9-19-46(49)52)34-11-8-10-32(27-34)33-21-23-45-40(28-33)38-14-4-6-17-43(38)51(45)35-12-2-1-3-13-35;1-3-2/h1-29H;3H,1H2,2H3. The maximum Gasteiger partial charge on any atom is 0.135 e. The van der Waals surface area contributed by atoms with Crippen LogP contribution < -0.4 is 0 Å². The maximum absolute atomic E-state index is 9.58. The van der Waals surface area contributed by atoms with Crippen LogP contribution in [-0.2, 0) is 0 Å². The van der Waals surface area contributed by atoms with Crippen LogP contribution in [0.4, 0.5) is 0 Å². The summed E-state index contributed by atoms with van der Waals surface area (Å²) in [6, 6.07) is 64.6. The van der Waals surface area contributed by atoms with E-state index in [1.54, 1.807) is 12.1 Å². The van der Waals surface area contributed by atoms with Crippen molar-refractivity contribution in [2.45, 2.75) is 6.92 Å². The maximum atomic E-state index is 9.58. The van der Waals surface area contributed by atoms with E-state index in [-0.39, 0.29) is 0 Å². The molecule has 3 aromatic heterocycles. The molecule has 0 aliphatic heterocycles. The smallest absolute Gasteiger partial charge is 0.135 e. The highest BCUT2D eigenvalue weighted by atomic mass is 16.3. The lowest BCUT2D eigenvalue weighted by atomic mass is 9.95. The van der Waals surface area contributed by atoms with E-state index in [1.165, 1.54) is 54.8 Å². The molecule has 11 rings (SSSR count). The molecule has 11 aromatic rings. The lowest BCUT2D eigenvalue weighted by Crippen LogP contribution is -1.93. The summed E-state index contributed by atoms with van der Waals surface area (Å²) in [5, 5.41) is 16.4. The molecule has 0 atom stereocenters. The van der Waals surface area contributed by atoms with Crippen molar-refractivity contribution in [1.82, 2.24) is 9.13 Å². The van der Waals surface area contributed by atoms with Crippen molar-refractivity contribution in [2.75, 3.05) is 0 Å². The Morgan fingerprint density at radius 2 is 1.09 bits per heavy atom. The molecular formula is C52H35N3O. The quantitative estimate of drug-likeness (QED) is 0.170. The number of benzene rings is 8. The van der Waals surface area contributed by atoms with Crippen LogP contribution in [0.5, 0.6) is 0 Å². The molecule has 0 fully saturated rings. The number of nitriles is 1. The van der Waals surface area contributed by atoms with Crippen LogP contribution in [0.25, 0.3) is 99.2 Å². The summed E-state index contributed by atoms with van der Waals surface area (Å²) < 4.78 is 10.9. The highest BCUT2D eigenvalue weighted by Crippen LogP contribution is 2.41. The monoisotopic (exact) mass is 717 g/mol. The lowest BCUT2D eigenvalue weighted by molar-refractivity contribution is 0.669. The van der Waals surface area contributed by atoms with E-state index in [4.69, 9.17) is 4.42 Å². The molecule has 56 heavy (non-hydrogen) atoms. The second-order valence-corrected chi connectivity index (χ2v) is 14.1. The Balaban J connectivity index is 0.00000124. The van der Waals surface area contributed by atoms with Gasteiger partial charge in [0.05, 0.1) is 33.7 Å². The van der Waals surface area contributed by atoms with Gasteiger partial charge in [0.1, 0.15) is 11.2 Å². The van der Waals surface area contributed by atoms with Gasteiger partial charge in [0.2, 0.25) is 0 Å². The van der Waals surface area contributed by atoms with Crippen molar-refractivity contribution in [1.29, 1.82) is 5.26 Å². The van der Waals surface area contributed by atoms with E-state index in [2.05, 4.69) is 173 Å². The van der Waals surface area contributed by atoms with Crippen molar-refractivity contribution in [3.63, 3.8) is 0 Å². The van der Waals surface area contributed by atoms with Gasteiger partial charge in [-0.15, -0.1) is 6.58 Å². The predicted molar refractivity (Wildman–Crippen MR) is 234 cm³/mol. The zero-order valence-corrected chi connectivity index (χ0v) is 30.8. The molecule has 0 aliphatic rings. The number of hydrogen-bond acceptors (Lipinski definition) is 2. The summed E-state index contributed by atoms with van der Waals surface area (Å²) in [5.41, 5.74) is 13.8. The number of aromatic nitrogens is 2. The molecule has 8 aromatic carbocycles. The number of hydrogen-bond donors (Lipinski definition) is 0. The van der Waals surface area contributed by atoms with Crippen LogP contribution in [0.15, 0.2) is 193 Å². The van der Waals surface area contributed by atoms with Crippen LogP contribution >= 0.6 is 0 Å². The average Bonchev–Trinajstić information content (AvgIpc) is 3.91. The Kier molecular flexibility index (Phi) is 7.87. The van der Waals surface area contributed by atoms with E-state index in [1.807, 2.05) is 25.1 Å². The van der Waals surface area contributed by atoms with E-state index < -0.39 is 0 Å². The number of furan rings is 1. The van der Waals surface area contributed by atoms with Gasteiger partial charge in [-0.3, -0.25) is 0 Å². The molecule has 264 valence electrons. The van der Waals surface area contributed by atoms with Gasteiger partial charge in [-0.2, -0.15) is 5.26 Å². The summed E-state index contributed by atoms with van der Waals surface area (Å²) in [4.78, 5) is 0. The fourth-order valence-corrected chi connectivity index (χ4v) is 8.39. The first-order valence-corrected chi connectivity index (χ1v) is 18.8. The predicted octanol–water partition coefficient (Wildman–Crippen LogP) is 14.2. The number of allylic oxidation sites excluding steroid dienone is 1. The number of fused-ring (bicyclic) bond motifs is 9. The lowest BCUT2D eigenvalue weighted by Gasteiger charge is -2.11. The second-order valence-electron chi connectivity index (χ2n) is 14.1. The fraction of sp³-hybridized carbons (Fsp3) is 0.0192. The Labute approximate surface area is 324 Å². The fourth-order valence-electron chi connectivity index (χ4n) is 8.39. The van der Waals surface area contributed by atoms with Gasteiger partial charge in [-0.05, 0) is 114 Å². The van der Waals surface area contributed by atoms with Gasteiger partial charge in [0, 0.05) is 43.7 Å². The highest BCUT2D eigenvalue weighted by molar-refractivity contribution is 6.16. The van der Waals surface area contributed by atoms with Gasteiger partial charge in [-0.1, -0.05) is 97.1 Å². The third-order valence-corrected chi connectivity index (χ3v) is 10.7. The molecule has 3 heterocycles. The van der Waals surface area contributed by atoms with E-state index >= 15 is 0 Å². The van der Waals surface area contributed by atoms with Crippen LogP contribution in [-0.4, -0.2) is 9.13 Å². The van der Waals surface area contributed by atoms with Crippen LogP contribution in [0.3, 0.4) is 0 Å². The molecule has 0 amide bonds. The molecule has 0 aliphatic carbocycles. The summed E-state index contributed by atoms with van der Waals surface area (Å²) in [6.45, 7) is 5.25. The molecule has 0 radical (unpaired) electrons. The Morgan fingerprint density at radius 1 is 0.482 bits per heavy atom. The normalized spacial score (nSPS) is 11.4. The Morgan fingerprint density at radius 3 is 1.89 bits per heavy atom. The van der Waals surface area contributed by atoms with Crippen LogP contribution in [0, 0.1) is 11.3 Å². The minimum absolute atomic E-state index is 0.619. The second kappa shape index (κ2) is 13.4. The van der Waals surface area contributed by atoms with E-state index in [0.29, 0.717) is 5.56 Å². The third kappa shape index (κ3) is 5.21. The number of nitrogens with zero attached hydrogens (tertiary/aromatic N) is 3. The Hall–Kier alpha value is -7.61. The average molecular weight is 718 g/mol. The topological polar surface area (TPSA) is 46.8 Å². The molecule has 4 nitrogen and oxygen atoms in total. The summed E-state index contributed by atoms with van der Waals surface area (Å²) in [7, 11) is 0. The van der Waals surface area contributed by atoms with Crippen molar-refractivity contribution < 1.29 is 4.42 Å². The van der Waals surface area contributed by atoms with Crippen molar-refractivity contribution in [3.8, 4) is 39.7 Å². The van der Waals surface area contributed by atoms with Crippen molar-refractivity contribution >= 4 is 65.6 Å². The van der Waals surface area contributed by atoms with Gasteiger partial charge >= 0.3 is 0 Å². The molecule has 0 N–H and O–H groups in total. The minimum Gasteiger partial charge on any atom is -0.456 e. The molecule has 0 spiro atoms. The minimum atomic E-state index is 0.619. The van der Waals surface area contributed by atoms with Crippen molar-refractivity contribution in [3.05, 3.63) is 194 Å². The molecule has 0 saturated carbocycles. The zero-order chi connectivity index (χ0) is 37.8. The summed E-state index contributed by atoms with van der Waals surface area (Å²) >= 11 is 0. The summed E-state index contributed by atoms with van der Waals surface area (Å²) in [6.07, 6.45) is 1.75.